The molecule has 0 N–H and O–H groups in total. The Morgan fingerprint density at radius 2 is 0.571 bits per heavy atom. The summed E-state index contributed by atoms with van der Waals surface area (Å²) in [4.78, 5) is 46.4. The highest BCUT2D eigenvalue weighted by atomic mass is 16.6. The van der Waals surface area contributed by atoms with Gasteiger partial charge >= 0.3 is 0 Å². The third-order valence-electron chi connectivity index (χ3n) is 3.33. The fraction of sp³-hybridized carbons (Fsp3) is 0.778. The van der Waals surface area contributed by atoms with E-state index in [1.165, 1.54) is 0 Å². The summed E-state index contributed by atoms with van der Waals surface area (Å²) in [7, 11) is 0. The second-order valence-corrected chi connectivity index (χ2v) is 5.94. The molecule has 0 unspecified atom stereocenters. The van der Waals surface area contributed by atoms with Crippen molar-refractivity contribution in [2.45, 2.75) is 12.8 Å². The molecule has 10 heteroatoms. The first-order valence-electron chi connectivity index (χ1n) is 9.11. The first-order valence-corrected chi connectivity index (χ1v) is 9.11. The van der Waals surface area contributed by atoms with Gasteiger partial charge in [-0.1, -0.05) is 0 Å². The van der Waals surface area contributed by atoms with Gasteiger partial charge in [-0.05, 0) is 0 Å². The van der Waals surface area contributed by atoms with E-state index in [9.17, 15) is 19.2 Å². The summed E-state index contributed by atoms with van der Waals surface area (Å²) in [5.41, 5.74) is 0. The molecule has 1 saturated heterocycles. The number of carbonyl (C=O) groups excluding carboxylic acids is 4. The highest BCUT2D eigenvalue weighted by Crippen LogP contribution is 1.93. The van der Waals surface area contributed by atoms with E-state index in [2.05, 4.69) is 0 Å². The van der Waals surface area contributed by atoms with Crippen LogP contribution in [-0.4, -0.2) is 102 Å². The minimum absolute atomic E-state index is 0.169. The van der Waals surface area contributed by atoms with Gasteiger partial charge in [-0.2, -0.15) is 0 Å². The smallest absolute Gasteiger partial charge is 0.165 e. The van der Waals surface area contributed by atoms with E-state index in [0.717, 1.165) is 0 Å². The van der Waals surface area contributed by atoms with Crippen LogP contribution < -0.4 is 0 Å². The summed E-state index contributed by atoms with van der Waals surface area (Å²) in [6, 6.07) is 0. The van der Waals surface area contributed by atoms with Crippen LogP contribution >= 0.6 is 0 Å². The van der Waals surface area contributed by atoms with Gasteiger partial charge in [0.1, 0.15) is 26.4 Å². The van der Waals surface area contributed by atoms with Gasteiger partial charge in [0.05, 0.1) is 65.7 Å². The van der Waals surface area contributed by atoms with Crippen molar-refractivity contribution >= 4 is 23.1 Å². The Kier molecular flexibility index (Phi) is 14.3. The summed E-state index contributed by atoms with van der Waals surface area (Å²) in [5, 5.41) is 0. The Morgan fingerprint density at radius 1 is 0.357 bits per heavy atom. The predicted molar refractivity (Wildman–Crippen MR) is 94.2 cm³/mol. The molecule has 0 atom stereocenters. The van der Waals surface area contributed by atoms with Crippen LogP contribution in [0, 0.1) is 0 Å². The monoisotopic (exact) mass is 404 g/mol. The lowest BCUT2D eigenvalue weighted by Crippen LogP contribution is -2.21. The van der Waals surface area contributed by atoms with Crippen molar-refractivity contribution in [2.75, 3.05) is 79.3 Å². The van der Waals surface area contributed by atoms with Crippen LogP contribution in [-0.2, 0) is 47.6 Å². The van der Waals surface area contributed by atoms with Crippen LogP contribution in [0.5, 0.6) is 0 Å². The third-order valence-corrected chi connectivity index (χ3v) is 3.33. The molecular weight excluding hydrogens is 376 g/mol. The number of hydrogen-bond donors (Lipinski definition) is 0. The van der Waals surface area contributed by atoms with Gasteiger partial charge in [0.15, 0.2) is 23.1 Å². The predicted octanol–water partition coefficient (Wildman–Crippen LogP) is -0.844. The van der Waals surface area contributed by atoms with E-state index < -0.39 is 0 Å². The summed E-state index contributed by atoms with van der Waals surface area (Å²) in [6.07, 6.45) is -0.489. The van der Waals surface area contributed by atoms with Crippen LogP contribution in [0.15, 0.2) is 0 Å². The van der Waals surface area contributed by atoms with Crippen LogP contribution in [0.25, 0.3) is 0 Å². The normalized spacial score (nSPS) is 22.6. The van der Waals surface area contributed by atoms with Crippen LogP contribution in [0.3, 0.4) is 0 Å². The fourth-order valence-corrected chi connectivity index (χ4v) is 2.06. The topological polar surface area (TPSA) is 124 Å². The zero-order chi connectivity index (χ0) is 20.5. The Hall–Kier alpha value is -1.56. The lowest BCUT2D eigenvalue weighted by Gasteiger charge is -2.08. The summed E-state index contributed by atoms with van der Waals surface area (Å²) < 4.78 is 31.0. The van der Waals surface area contributed by atoms with Crippen molar-refractivity contribution < 1.29 is 47.6 Å². The van der Waals surface area contributed by atoms with E-state index >= 15 is 0 Å². The Morgan fingerprint density at radius 3 is 0.821 bits per heavy atom. The molecule has 0 saturated carbocycles. The van der Waals surface area contributed by atoms with Crippen molar-refractivity contribution in [2.24, 2.45) is 0 Å². The summed E-state index contributed by atoms with van der Waals surface area (Å²) >= 11 is 0. The minimum atomic E-state index is -0.326. The third kappa shape index (κ3) is 14.5. The maximum Gasteiger partial charge on any atom is 0.165 e. The maximum absolute atomic E-state index is 11.6. The lowest BCUT2D eigenvalue weighted by atomic mass is 10.2. The minimum Gasteiger partial charge on any atom is -0.377 e. The summed E-state index contributed by atoms with van der Waals surface area (Å²) in [5.74, 6) is -1.30. The van der Waals surface area contributed by atoms with E-state index in [-0.39, 0.29) is 115 Å². The number of ether oxygens (including phenoxy) is 6. The molecule has 28 heavy (non-hydrogen) atoms. The second kappa shape index (κ2) is 16.4. The van der Waals surface area contributed by atoms with Gasteiger partial charge in [0.2, 0.25) is 0 Å². The first kappa shape index (κ1) is 24.5. The SMILES string of the molecule is O=C1COCCOCCOCC(=O)CC(=O)COCCOCCOCC(=O)C1. The molecule has 0 bridgehead atoms. The molecule has 0 radical (unpaired) electrons. The molecule has 0 aromatic rings. The van der Waals surface area contributed by atoms with Crippen LogP contribution in [0.2, 0.25) is 0 Å². The van der Waals surface area contributed by atoms with Crippen molar-refractivity contribution in [3.63, 3.8) is 0 Å². The zero-order valence-electron chi connectivity index (χ0n) is 16.0. The van der Waals surface area contributed by atoms with E-state index in [0.29, 0.717) is 0 Å². The fourth-order valence-electron chi connectivity index (χ4n) is 2.06. The Labute approximate surface area is 163 Å². The summed E-state index contributed by atoms with van der Waals surface area (Å²) in [6.45, 7) is 1.09. The van der Waals surface area contributed by atoms with Gasteiger partial charge in [0.25, 0.3) is 0 Å². The standard InChI is InChI=1S/C18H28O10/c19-15-9-16(20)13-27-7-3-24-4-8-28-14-18(22)10-17(21)12-26-6-2-23-1-5-25-11-15/h1-14H2. The van der Waals surface area contributed by atoms with E-state index in [1.54, 1.807) is 0 Å². The largest absolute Gasteiger partial charge is 0.377 e. The molecule has 1 aliphatic rings. The van der Waals surface area contributed by atoms with Crippen LogP contribution in [0.4, 0.5) is 0 Å². The van der Waals surface area contributed by atoms with Gasteiger partial charge in [-0.3, -0.25) is 19.2 Å². The van der Waals surface area contributed by atoms with Crippen molar-refractivity contribution in [1.82, 2.24) is 0 Å². The molecule has 10 nitrogen and oxygen atoms in total. The quantitative estimate of drug-likeness (QED) is 0.472. The number of rotatable bonds is 0. The van der Waals surface area contributed by atoms with E-state index in [1.807, 2.05) is 0 Å². The lowest BCUT2D eigenvalue weighted by molar-refractivity contribution is -0.133. The Bertz CT molecular complexity index is 407. The number of Topliss-reactive ketones (excluding diaryl/α,β-unsaturated/α-hetero) is 4. The van der Waals surface area contributed by atoms with Crippen molar-refractivity contribution in [3.05, 3.63) is 0 Å². The first-order chi connectivity index (χ1) is 13.6. The molecule has 0 aromatic carbocycles. The number of hydrogen-bond acceptors (Lipinski definition) is 10. The molecule has 1 fully saturated rings. The molecule has 0 amide bonds. The second-order valence-electron chi connectivity index (χ2n) is 5.94. The Balaban J connectivity index is 2.29. The molecule has 0 aromatic heterocycles. The van der Waals surface area contributed by atoms with Gasteiger partial charge in [0, 0.05) is 0 Å². The van der Waals surface area contributed by atoms with Gasteiger partial charge in [-0.15, -0.1) is 0 Å². The number of ketones is 4. The van der Waals surface area contributed by atoms with Crippen molar-refractivity contribution in [1.29, 1.82) is 0 Å². The molecule has 1 heterocycles. The van der Waals surface area contributed by atoms with Crippen molar-refractivity contribution in [3.8, 4) is 0 Å². The highest BCUT2D eigenvalue weighted by molar-refractivity contribution is 6.00. The molecule has 1 aliphatic heterocycles. The maximum atomic E-state index is 11.6. The van der Waals surface area contributed by atoms with Gasteiger partial charge in [-0.25, -0.2) is 0 Å². The molecular formula is C18H28O10. The molecule has 1 rings (SSSR count). The highest BCUT2D eigenvalue weighted by Gasteiger charge is 2.11. The van der Waals surface area contributed by atoms with Gasteiger partial charge < -0.3 is 28.4 Å². The zero-order valence-corrected chi connectivity index (χ0v) is 16.0. The number of carbonyl (C=O) groups is 4. The average Bonchev–Trinajstić information content (AvgIpc) is 2.64. The van der Waals surface area contributed by atoms with E-state index in [4.69, 9.17) is 28.4 Å². The molecule has 0 aliphatic carbocycles. The molecule has 160 valence electrons. The molecule has 0 spiro atoms. The van der Waals surface area contributed by atoms with Crippen LogP contribution in [0.1, 0.15) is 12.8 Å². The average molecular weight is 404 g/mol.